The summed E-state index contributed by atoms with van der Waals surface area (Å²) in [6, 6.07) is 0. The molecule has 2 bridgehead atoms. The van der Waals surface area contributed by atoms with Crippen LogP contribution >= 0.6 is 11.3 Å². The number of Topliss-reactive ketones (excluding diaryl/α,β-unsaturated/α-hetero) is 1. The van der Waals surface area contributed by atoms with E-state index in [1.54, 1.807) is 11.3 Å². The summed E-state index contributed by atoms with van der Waals surface area (Å²) in [5, 5.41) is 39.4. The number of hydrogen-bond acceptors (Lipinski definition) is 8. The van der Waals surface area contributed by atoms with E-state index in [1.165, 1.54) is 6.92 Å². The Morgan fingerprint density at radius 1 is 1.25 bits per heavy atom. The van der Waals surface area contributed by atoms with Crippen LogP contribution in [0.3, 0.4) is 0 Å². The van der Waals surface area contributed by atoms with Gasteiger partial charge in [0, 0.05) is 29.2 Å². The lowest BCUT2D eigenvalue weighted by Gasteiger charge is -2.74. The highest BCUT2D eigenvalue weighted by atomic mass is 32.1. The van der Waals surface area contributed by atoms with Gasteiger partial charge >= 0.3 is 0 Å². The molecule has 0 amide bonds. The quantitative estimate of drug-likeness (QED) is 0.510. The van der Waals surface area contributed by atoms with Crippen molar-refractivity contribution in [3.8, 4) is 0 Å². The molecule has 7 nitrogen and oxygen atoms in total. The van der Waals surface area contributed by atoms with Crippen LogP contribution in [0.25, 0.3) is 0 Å². The summed E-state index contributed by atoms with van der Waals surface area (Å²) >= 11 is 1.59. The first-order valence-corrected chi connectivity index (χ1v) is 12.3. The van der Waals surface area contributed by atoms with Crippen LogP contribution in [0, 0.1) is 28.6 Å². The molecule has 0 aromatic carbocycles. The summed E-state index contributed by atoms with van der Waals surface area (Å²) in [5.41, 5.74) is -1.17. The Bertz CT molecular complexity index is 1010. The van der Waals surface area contributed by atoms with Crippen molar-refractivity contribution in [1.82, 2.24) is 4.98 Å². The molecule has 1 aromatic rings. The molecule has 1 spiro atoms. The molecule has 5 aliphatic rings. The number of aliphatic hydroxyl groups excluding tert-OH is 2. The van der Waals surface area contributed by atoms with E-state index in [4.69, 9.17) is 9.72 Å². The van der Waals surface area contributed by atoms with Gasteiger partial charge in [-0.1, -0.05) is 26.0 Å². The second-order valence-corrected chi connectivity index (χ2v) is 12.2. The molecule has 3 aliphatic carbocycles. The molecule has 2 saturated carbocycles. The Kier molecular flexibility index (Phi) is 4.66. The summed E-state index contributed by atoms with van der Waals surface area (Å²) in [6.45, 7) is 11.7. The first-order chi connectivity index (χ1) is 14.9. The van der Waals surface area contributed by atoms with Gasteiger partial charge in [0.2, 0.25) is 5.79 Å². The molecule has 4 fully saturated rings. The molecular formula is C24H34N2O5S. The van der Waals surface area contributed by atoms with Crippen molar-refractivity contribution in [2.24, 2.45) is 28.6 Å². The molecule has 2 aliphatic heterocycles. The molecule has 1 aromatic heterocycles. The van der Waals surface area contributed by atoms with Crippen LogP contribution in [0.15, 0.2) is 12.2 Å². The number of anilines is 1. The van der Waals surface area contributed by atoms with E-state index < -0.39 is 34.7 Å². The van der Waals surface area contributed by atoms with Crippen molar-refractivity contribution in [2.45, 2.75) is 70.4 Å². The molecule has 4 N–H and O–H groups in total. The van der Waals surface area contributed by atoms with Gasteiger partial charge in [-0.3, -0.25) is 4.79 Å². The number of nitrogens with zero attached hydrogens (tertiary/aromatic N) is 1. The topological polar surface area (TPSA) is 112 Å². The lowest BCUT2D eigenvalue weighted by Crippen LogP contribution is -2.86. The minimum atomic E-state index is -2.17. The van der Waals surface area contributed by atoms with Gasteiger partial charge in [-0.25, -0.2) is 4.98 Å². The van der Waals surface area contributed by atoms with Crippen molar-refractivity contribution in [2.75, 3.05) is 19.0 Å². The third-order valence-electron chi connectivity index (χ3n) is 9.21. The predicted octanol–water partition coefficient (Wildman–Crippen LogP) is 2.25. The number of hydrogen-bond donors (Lipinski definition) is 4. The molecule has 8 heteroatoms. The Morgan fingerprint density at radius 2 is 1.94 bits per heavy atom. The fourth-order valence-corrected chi connectivity index (χ4v) is 9.42. The molecule has 2 saturated heterocycles. The fourth-order valence-electron chi connectivity index (χ4n) is 8.17. The number of ether oxygens (including phenoxy) is 1. The van der Waals surface area contributed by atoms with Crippen LogP contribution < -0.4 is 5.32 Å². The smallest absolute Gasteiger partial charge is 0.208 e. The molecule has 176 valence electrons. The summed E-state index contributed by atoms with van der Waals surface area (Å²) in [5.74, 6) is -3.65. The van der Waals surface area contributed by atoms with Crippen LogP contribution in [0.1, 0.15) is 51.1 Å². The van der Waals surface area contributed by atoms with Gasteiger partial charge in [-0.2, -0.15) is 0 Å². The minimum absolute atomic E-state index is 0.165. The third kappa shape index (κ3) is 2.26. The third-order valence-corrected chi connectivity index (χ3v) is 10.3. The van der Waals surface area contributed by atoms with Crippen LogP contribution in [-0.4, -0.2) is 57.7 Å². The Labute approximate surface area is 192 Å². The first kappa shape index (κ1) is 22.5. The number of carbonyl (C=O) groups excluding carboxylic acids is 1. The van der Waals surface area contributed by atoms with E-state index in [9.17, 15) is 20.1 Å². The number of fused-ring (bicyclic) bond motifs is 2. The predicted molar refractivity (Wildman–Crippen MR) is 121 cm³/mol. The summed E-state index contributed by atoms with van der Waals surface area (Å²) < 4.78 is 6.10. The van der Waals surface area contributed by atoms with Crippen molar-refractivity contribution in [3.05, 3.63) is 22.7 Å². The molecule has 0 radical (unpaired) electrons. The molecule has 3 heterocycles. The number of aromatic nitrogens is 1. The summed E-state index contributed by atoms with van der Waals surface area (Å²) in [4.78, 5) is 19.6. The molecular weight excluding hydrogens is 428 g/mol. The van der Waals surface area contributed by atoms with Gasteiger partial charge in [0.05, 0.1) is 18.4 Å². The molecule has 8 atom stereocenters. The van der Waals surface area contributed by atoms with E-state index in [2.05, 4.69) is 25.7 Å². The van der Waals surface area contributed by atoms with Gasteiger partial charge < -0.3 is 25.4 Å². The van der Waals surface area contributed by atoms with Crippen LogP contribution in [-0.2, 0) is 21.4 Å². The Balaban J connectivity index is 1.84. The minimum Gasteiger partial charge on any atom is -0.391 e. The highest BCUT2D eigenvalue weighted by Gasteiger charge is 2.84. The number of nitrogens with one attached hydrogen (secondary N) is 1. The van der Waals surface area contributed by atoms with E-state index in [-0.39, 0.29) is 29.6 Å². The van der Waals surface area contributed by atoms with Crippen molar-refractivity contribution in [3.63, 3.8) is 0 Å². The Morgan fingerprint density at radius 3 is 2.53 bits per heavy atom. The van der Waals surface area contributed by atoms with Crippen LogP contribution in [0.2, 0.25) is 0 Å². The van der Waals surface area contributed by atoms with Gasteiger partial charge in [0.15, 0.2) is 5.13 Å². The maximum atomic E-state index is 13.5. The average Bonchev–Trinajstić information content (AvgIpc) is 3.11. The number of aliphatic hydroxyl groups is 3. The van der Waals surface area contributed by atoms with E-state index in [1.807, 2.05) is 14.0 Å². The zero-order valence-corrected chi connectivity index (χ0v) is 20.3. The van der Waals surface area contributed by atoms with Gasteiger partial charge in [0.25, 0.3) is 0 Å². The zero-order valence-electron chi connectivity index (χ0n) is 19.4. The summed E-state index contributed by atoms with van der Waals surface area (Å²) in [7, 11) is 1.83. The van der Waals surface area contributed by atoms with E-state index in [0.29, 0.717) is 12.8 Å². The molecule has 32 heavy (non-hydrogen) atoms. The molecule has 0 unspecified atom stereocenters. The number of ketones is 1. The average molecular weight is 463 g/mol. The van der Waals surface area contributed by atoms with Gasteiger partial charge in [-0.15, -0.1) is 11.3 Å². The van der Waals surface area contributed by atoms with Crippen LogP contribution in [0.4, 0.5) is 5.13 Å². The number of rotatable bonds is 3. The van der Waals surface area contributed by atoms with Crippen LogP contribution in [0.5, 0.6) is 0 Å². The number of carbonyl (C=O) groups is 1. The van der Waals surface area contributed by atoms with Gasteiger partial charge in [0.1, 0.15) is 17.3 Å². The maximum Gasteiger partial charge on any atom is 0.208 e. The standard InChI is InChI=1S/C24H34N2O5S/c1-11(2)13-7-8-15-22-10-31-24(30,23(15,12(3)27)18(13)28)19(29)16(22)21(4,5)9-14-17(22)26-20(25-6)32-14/h13,15-16,18-19,28-30H,1,7-10H2,2-6H3,(H,25,26)/t13-,15-,16+,18+,19-,22-,23+,24-/m0/s1. The second kappa shape index (κ2) is 6.63. The highest BCUT2D eigenvalue weighted by Crippen LogP contribution is 2.73. The first-order valence-electron chi connectivity index (χ1n) is 11.5. The van der Waals surface area contributed by atoms with Gasteiger partial charge in [-0.05, 0) is 44.4 Å². The SMILES string of the molecule is C=C(C)[C@@H]1CC[C@H]2[C@@]34CO[C@@](O)([C@@H](O)[C@@H]3C(C)(C)Cc3sc(NC)nc34)[C@@]2(C(C)=O)[C@@H]1O. The van der Waals surface area contributed by atoms with E-state index >= 15 is 0 Å². The largest absolute Gasteiger partial charge is 0.391 e. The highest BCUT2D eigenvalue weighted by molar-refractivity contribution is 7.15. The van der Waals surface area contributed by atoms with Crippen molar-refractivity contribution < 1.29 is 24.9 Å². The maximum absolute atomic E-state index is 13.5. The summed E-state index contributed by atoms with van der Waals surface area (Å²) in [6.07, 6.45) is -0.541. The lowest BCUT2D eigenvalue weighted by molar-refractivity contribution is -0.433. The normalized spacial score (nSPS) is 46.1. The molecule has 6 rings (SSSR count). The number of thiazole rings is 1. The van der Waals surface area contributed by atoms with Crippen molar-refractivity contribution >= 4 is 22.3 Å². The zero-order chi connectivity index (χ0) is 23.4. The fraction of sp³-hybridized carbons (Fsp3) is 0.750. The monoisotopic (exact) mass is 462 g/mol. The lowest BCUT2D eigenvalue weighted by atomic mass is 9.35. The van der Waals surface area contributed by atoms with E-state index in [0.717, 1.165) is 27.7 Å². The van der Waals surface area contributed by atoms with Crippen molar-refractivity contribution in [1.29, 1.82) is 0 Å². The second-order valence-electron chi connectivity index (χ2n) is 11.1. The Hall–Kier alpha value is -1.32.